The second kappa shape index (κ2) is 5.43. The van der Waals surface area contributed by atoms with E-state index in [1.165, 1.54) is 18.3 Å². The molecule has 1 amide bonds. The zero-order valence-corrected chi connectivity index (χ0v) is 10.4. The lowest BCUT2D eigenvalue weighted by atomic mass is 10.1. The van der Waals surface area contributed by atoms with Crippen molar-refractivity contribution in [3.8, 4) is 0 Å². The highest BCUT2D eigenvalue weighted by Gasteiger charge is 2.18. The number of nitro benzene ring substituents is 1. The second-order valence-electron chi connectivity index (χ2n) is 4.05. The molecule has 1 aromatic carbocycles. The first-order valence-corrected chi connectivity index (χ1v) is 5.52. The lowest BCUT2D eigenvalue weighted by molar-refractivity contribution is -0.385. The molecule has 1 N–H and O–H groups in total. The molecule has 0 atom stereocenters. The molecule has 2 aromatic rings. The lowest BCUT2D eigenvalue weighted by Gasteiger charge is -2.15. The van der Waals surface area contributed by atoms with E-state index >= 15 is 0 Å². The summed E-state index contributed by atoms with van der Waals surface area (Å²) in [6.45, 7) is 0.128. The molecule has 0 unspecified atom stereocenters. The van der Waals surface area contributed by atoms with Crippen molar-refractivity contribution >= 4 is 11.6 Å². The average molecular weight is 279 g/mol. The Kier molecular flexibility index (Phi) is 3.69. The second-order valence-corrected chi connectivity index (χ2v) is 4.05. The van der Waals surface area contributed by atoms with Crippen molar-refractivity contribution in [2.45, 2.75) is 6.54 Å². The standard InChI is InChI=1S/C11H10FN5O3/c1-16(5-10-13-6-14-15-10)11(18)7-2-8(12)4-9(3-7)17(19)20/h2-4,6H,5H2,1H3,(H,13,14,15). The van der Waals surface area contributed by atoms with Gasteiger partial charge in [-0.05, 0) is 6.07 Å². The van der Waals surface area contributed by atoms with Crippen molar-refractivity contribution in [3.63, 3.8) is 0 Å². The number of non-ortho nitro benzene ring substituents is 1. The van der Waals surface area contributed by atoms with Crippen LogP contribution in [0.1, 0.15) is 16.2 Å². The number of rotatable bonds is 4. The van der Waals surface area contributed by atoms with Crippen LogP contribution in [0.2, 0.25) is 0 Å². The van der Waals surface area contributed by atoms with Gasteiger partial charge in [0.1, 0.15) is 18.0 Å². The Morgan fingerprint density at radius 3 is 2.85 bits per heavy atom. The average Bonchev–Trinajstić information content (AvgIpc) is 2.89. The Hall–Kier alpha value is -2.84. The van der Waals surface area contributed by atoms with Crippen molar-refractivity contribution in [2.75, 3.05) is 7.05 Å². The van der Waals surface area contributed by atoms with Gasteiger partial charge in [0.15, 0.2) is 0 Å². The number of H-pyrrole nitrogens is 1. The van der Waals surface area contributed by atoms with E-state index in [0.29, 0.717) is 5.82 Å². The zero-order valence-electron chi connectivity index (χ0n) is 10.4. The Balaban J connectivity index is 2.22. The van der Waals surface area contributed by atoms with E-state index in [1.807, 2.05) is 0 Å². The van der Waals surface area contributed by atoms with Crippen LogP contribution in [0.3, 0.4) is 0 Å². The third-order valence-electron chi connectivity index (χ3n) is 2.54. The van der Waals surface area contributed by atoms with Crippen molar-refractivity contribution in [3.05, 3.63) is 51.8 Å². The summed E-state index contributed by atoms with van der Waals surface area (Å²) in [6, 6.07) is 2.74. The van der Waals surface area contributed by atoms with E-state index < -0.39 is 22.3 Å². The number of benzene rings is 1. The smallest absolute Gasteiger partial charge is 0.273 e. The van der Waals surface area contributed by atoms with E-state index in [4.69, 9.17) is 0 Å². The predicted molar refractivity (Wildman–Crippen MR) is 65.2 cm³/mol. The van der Waals surface area contributed by atoms with Gasteiger partial charge in [0, 0.05) is 18.7 Å². The minimum atomic E-state index is -0.837. The van der Waals surface area contributed by atoms with Gasteiger partial charge >= 0.3 is 0 Å². The van der Waals surface area contributed by atoms with Crippen LogP contribution in [0.15, 0.2) is 24.5 Å². The van der Waals surface area contributed by atoms with Crippen molar-refractivity contribution in [1.82, 2.24) is 20.1 Å². The van der Waals surface area contributed by atoms with Crippen LogP contribution in [0, 0.1) is 15.9 Å². The van der Waals surface area contributed by atoms with Crippen LogP contribution in [0.4, 0.5) is 10.1 Å². The van der Waals surface area contributed by atoms with Gasteiger partial charge < -0.3 is 4.90 Å². The maximum absolute atomic E-state index is 13.3. The fourth-order valence-corrected chi connectivity index (χ4v) is 1.63. The van der Waals surface area contributed by atoms with Crippen molar-refractivity contribution in [2.24, 2.45) is 0 Å². The van der Waals surface area contributed by atoms with Crippen LogP contribution < -0.4 is 0 Å². The highest BCUT2D eigenvalue weighted by molar-refractivity contribution is 5.94. The predicted octanol–water partition coefficient (Wildman–Crippen LogP) is 1.12. The number of aromatic nitrogens is 3. The van der Waals surface area contributed by atoms with Gasteiger partial charge in [-0.1, -0.05) is 0 Å². The van der Waals surface area contributed by atoms with Gasteiger partial charge in [0.25, 0.3) is 11.6 Å². The van der Waals surface area contributed by atoms with Crippen LogP contribution in [-0.4, -0.2) is 38.0 Å². The summed E-state index contributed by atoms with van der Waals surface area (Å²) >= 11 is 0. The monoisotopic (exact) mass is 279 g/mol. The van der Waals surface area contributed by atoms with Gasteiger partial charge in [0.05, 0.1) is 17.5 Å². The molecule has 0 aliphatic rings. The largest absolute Gasteiger partial charge is 0.334 e. The molecule has 20 heavy (non-hydrogen) atoms. The van der Waals surface area contributed by atoms with Gasteiger partial charge in [-0.25, -0.2) is 9.37 Å². The number of carbonyl (C=O) groups is 1. The Bertz CT molecular complexity index is 644. The number of hydrogen-bond donors (Lipinski definition) is 1. The molecule has 0 spiro atoms. The number of nitro groups is 1. The Morgan fingerprint density at radius 2 is 2.25 bits per heavy atom. The van der Waals surface area contributed by atoms with Crippen LogP contribution in [0.25, 0.3) is 0 Å². The summed E-state index contributed by atoms with van der Waals surface area (Å²) in [5, 5.41) is 16.9. The number of amides is 1. The van der Waals surface area contributed by atoms with E-state index in [-0.39, 0.29) is 12.1 Å². The maximum Gasteiger partial charge on any atom is 0.273 e. The van der Waals surface area contributed by atoms with Crippen LogP contribution in [0.5, 0.6) is 0 Å². The third kappa shape index (κ3) is 2.94. The normalized spacial score (nSPS) is 10.3. The molecule has 0 aliphatic heterocycles. The summed E-state index contributed by atoms with van der Waals surface area (Å²) in [5.74, 6) is -0.939. The SMILES string of the molecule is CN(Cc1ncn[nH]1)C(=O)c1cc(F)cc([N+](=O)[O-])c1. The first kappa shape index (κ1) is 13.6. The highest BCUT2D eigenvalue weighted by Crippen LogP contribution is 2.17. The van der Waals surface area contributed by atoms with Crippen LogP contribution >= 0.6 is 0 Å². The number of carbonyl (C=O) groups excluding carboxylic acids is 1. The first-order chi connectivity index (χ1) is 9.47. The van der Waals surface area contributed by atoms with Gasteiger partial charge in [-0.2, -0.15) is 5.10 Å². The van der Waals surface area contributed by atoms with Gasteiger partial charge in [0.2, 0.25) is 0 Å². The topological polar surface area (TPSA) is 105 Å². The molecular formula is C11H10FN5O3. The molecule has 0 aliphatic carbocycles. The summed E-state index contributed by atoms with van der Waals surface area (Å²) in [6.07, 6.45) is 1.29. The number of aromatic amines is 1. The summed E-state index contributed by atoms with van der Waals surface area (Å²) < 4.78 is 13.3. The molecule has 0 bridgehead atoms. The molecule has 9 heteroatoms. The Morgan fingerprint density at radius 1 is 1.50 bits per heavy atom. The first-order valence-electron chi connectivity index (χ1n) is 5.52. The van der Waals surface area contributed by atoms with E-state index in [1.54, 1.807) is 0 Å². The molecule has 2 rings (SSSR count). The molecular weight excluding hydrogens is 269 g/mol. The summed E-state index contributed by atoms with van der Waals surface area (Å²) in [5.41, 5.74) is -0.569. The minimum Gasteiger partial charge on any atom is -0.334 e. The molecule has 1 aromatic heterocycles. The molecule has 104 valence electrons. The Labute approximate surface area is 112 Å². The minimum absolute atomic E-state index is 0.0984. The molecule has 1 heterocycles. The third-order valence-corrected chi connectivity index (χ3v) is 2.54. The summed E-state index contributed by atoms with van der Waals surface area (Å²) in [7, 11) is 1.47. The highest BCUT2D eigenvalue weighted by atomic mass is 19.1. The number of halogens is 1. The van der Waals surface area contributed by atoms with E-state index in [0.717, 1.165) is 18.2 Å². The number of nitrogens with one attached hydrogen (secondary N) is 1. The maximum atomic E-state index is 13.3. The quantitative estimate of drug-likeness (QED) is 0.667. The fraction of sp³-hybridized carbons (Fsp3) is 0.182. The fourth-order valence-electron chi connectivity index (χ4n) is 1.63. The van der Waals surface area contributed by atoms with E-state index in [9.17, 15) is 19.3 Å². The molecule has 0 saturated heterocycles. The summed E-state index contributed by atoms with van der Waals surface area (Å²) in [4.78, 5) is 27.1. The van der Waals surface area contributed by atoms with Crippen molar-refractivity contribution in [1.29, 1.82) is 0 Å². The van der Waals surface area contributed by atoms with Crippen molar-refractivity contribution < 1.29 is 14.1 Å². The number of hydrogen-bond acceptors (Lipinski definition) is 5. The zero-order chi connectivity index (χ0) is 14.7. The van der Waals surface area contributed by atoms with Crippen LogP contribution in [-0.2, 0) is 6.54 Å². The molecule has 0 saturated carbocycles. The number of nitrogens with zero attached hydrogens (tertiary/aromatic N) is 4. The lowest BCUT2D eigenvalue weighted by Crippen LogP contribution is -2.26. The molecule has 0 radical (unpaired) electrons. The molecule has 0 fully saturated rings. The molecule has 8 nitrogen and oxygen atoms in total. The van der Waals surface area contributed by atoms with Gasteiger partial charge in [-0.15, -0.1) is 0 Å². The van der Waals surface area contributed by atoms with E-state index in [2.05, 4.69) is 15.2 Å². The van der Waals surface area contributed by atoms with Gasteiger partial charge in [-0.3, -0.25) is 20.0 Å².